The summed E-state index contributed by atoms with van der Waals surface area (Å²) in [5.74, 6) is -0.307. The van der Waals surface area contributed by atoms with Crippen LogP contribution < -0.4 is 0 Å². The van der Waals surface area contributed by atoms with Crippen LogP contribution >= 0.6 is 22.6 Å². The fourth-order valence-electron chi connectivity index (χ4n) is 2.34. The summed E-state index contributed by atoms with van der Waals surface area (Å²) in [6.07, 6.45) is 3.92. The number of allylic oxidation sites excluding steroid dienone is 1. The van der Waals surface area contributed by atoms with E-state index >= 15 is 0 Å². The van der Waals surface area contributed by atoms with Crippen LogP contribution in [-0.4, -0.2) is 4.55 Å². The highest BCUT2D eigenvalue weighted by Gasteiger charge is 2.24. The highest BCUT2D eigenvalue weighted by Crippen LogP contribution is 2.34. The molecule has 2 aromatic carbocycles. The molecular formula is C16H12FIOS. The lowest BCUT2D eigenvalue weighted by Crippen LogP contribution is -2.10. The Kier molecular flexibility index (Phi) is 4.14. The number of benzene rings is 2. The van der Waals surface area contributed by atoms with Gasteiger partial charge in [-0.25, -0.2) is 4.39 Å². The smallest absolute Gasteiger partial charge is 0.161 e. The molecule has 102 valence electrons. The average molecular weight is 398 g/mol. The summed E-state index contributed by atoms with van der Waals surface area (Å²) in [5, 5.41) is 0. The van der Waals surface area contributed by atoms with Gasteiger partial charge in [-0.05, 0) is 89.5 Å². The topological polar surface area (TPSA) is 23.1 Å². The molecule has 3 rings (SSSR count). The zero-order valence-corrected chi connectivity index (χ0v) is 13.6. The molecular weight excluding hydrogens is 386 g/mol. The Hall–Kier alpha value is -0.850. The third-order valence-corrected chi connectivity index (χ3v) is 5.46. The zero-order valence-electron chi connectivity index (χ0n) is 10.6. The van der Waals surface area contributed by atoms with E-state index < -0.39 is 11.2 Å². The lowest BCUT2D eigenvalue weighted by molar-refractivity contribution is 0.602. The van der Waals surface area contributed by atoms with Gasteiger partial charge in [0.05, 0.1) is 0 Å². The molecule has 1 aliphatic carbocycles. The van der Waals surface area contributed by atoms with Crippen molar-refractivity contribution < 1.29 is 8.94 Å². The number of hydrogen-bond acceptors (Lipinski definition) is 1. The van der Waals surface area contributed by atoms with Crippen molar-refractivity contribution >= 4 is 38.7 Å². The van der Waals surface area contributed by atoms with Crippen molar-refractivity contribution in [2.24, 2.45) is 0 Å². The lowest BCUT2D eigenvalue weighted by atomic mass is 9.97. The Bertz CT molecular complexity index is 667. The summed E-state index contributed by atoms with van der Waals surface area (Å²) in [6, 6.07) is 12.1. The van der Waals surface area contributed by atoms with Crippen molar-refractivity contribution in [2.75, 3.05) is 0 Å². The van der Waals surface area contributed by atoms with Crippen LogP contribution in [-0.2, 0) is 17.6 Å². The SMILES string of the molecule is [O-][S+](C1=CCCc2cc(I)ccc21)c1ccc(F)cc1. The molecule has 20 heavy (non-hydrogen) atoms. The van der Waals surface area contributed by atoms with Crippen molar-refractivity contribution in [2.45, 2.75) is 17.7 Å². The molecule has 0 aliphatic heterocycles. The quantitative estimate of drug-likeness (QED) is 0.539. The molecule has 0 heterocycles. The molecule has 1 nitrogen and oxygen atoms in total. The molecule has 0 spiro atoms. The molecule has 0 fully saturated rings. The van der Waals surface area contributed by atoms with Crippen molar-refractivity contribution in [3.63, 3.8) is 0 Å². The van der Waals surface area contributed by atoms with Gasteiger partial charge in [0.2, 0.25) is 0 Å². The Morgan fingerprint density at radius 3 is 2.60 bits per heavy atom. The zero-order chi connectivity index (χ0) is 14.1. The van der Waals surface area contributed by atoms with Gasteiger partial charge in [0.25, 0.3) is 0 Å². The van der Waals surface area contributed by atoms with E-state index in [2.05, 4.69) is 28.7 Å². The highest BCUT2D eigenvalue weighted by molar-refractivity contribution is 14.1. The number of hydrogen-bond donors (Lipinski definition) is 0. The number of rotatable bonds is 2. The molecule has 0 saturated carbocycles. The van der Waals surface area contributed by atoms with Gasteiger partial charge in [-0.3, -0.25) is 0 Å². The van der Waals surface area contributed by atoms with E-state index in [1.807, 2.05) is 18.2 Å². The first-order valence-corrected chi connectivity index (χ1v) is 8.54. The lowest BCUT2D eigenvalue weighted by Gasteiger charge is -2.20. The van der Waals surface area contributed by atoms with Gasteiger partial charge in [-0.2, -0.15) is 0 Å². The van der Waals surface area contributed by atoms with Crippen molar-refractivity contribution in [3.05, 3.63) is 69.1 Å². The minimum absolute atomic E-state index is 0.307. The first-order valence-electron chi connectivity index (χ1n) is 6.31. The standard InChI is InChI=1S/C16H12FIOS/c17-12-4-7-14(8-5-12)20(19)16-3-1-2-11-10-13(18)6-9-15(11)16/h3-10H,1-2H2. The summed E-state index contributed by atoms with van der Waals surface area (Å²) in [4.78, 5) is 1.48. The summed E-state index contributed by atoms with van der Waals surface area (Å²) in [6.45, 7) is 0. The number of fused-ring (bicyclic) bond motifs is 1. The highest BCUT2D eigenvalue weighted by atomic mass is 127. The summed E-state index contributed by atoms with van der Waals surface area (Å²) in [7, 11) is 0. The van der Waals surface area contributed by atoms with Gasteiger partial charge < -0.3 is 4.55 Å². The normalized spacial score (nSPS) is 15.4. The summed E-state index contributed by atoms with van der Waals surface area (Å²) >= 11 is 1.03. The van der Waals surface area contributed by atoms with Gasteiger partial charge >= 0.3 is 0 Å². The van der Waals surface area contributed by atoms with Crippen LogP contribution in [0.3, 0.4) is 0 Å². The predicted octanol–water partition coefficient (Wildman–Crippen LogP) is 4.53. The average Bonchev–Trinajstić information content (AvgIpc) is 2.46. The third-order valence-electron chi connectivity index (χ3n) is 3.30. The molecule has 0 amide bonds. The second-order valence-corrected chi connectivity index (χ2v) is 7.33. The van der Waals surface area contributed by atoms with E-state index in [0.717, 1.165) is 23.3 Å². The Balaban J connectivity index is 1.98. The van der Waals surface area contributed by atoms with Crippen LogP contribution in [0.5, 0.6) is 0 Å². The van der Waals surface area contributed by atoms with Crippen LogP contribution in [0.4, 0.5) is 4.39 Å². The van der Waals surface area contributed by atoms with Gasteiger partial charge in [-0.15, -0.1) is 0 Å². The Labute approximate surface area is 134 Å². The first kappa shape index (κ1) is 14.1. The van der Waals surface area contributed by atoms with Gasteiger partial charge in [-0.1, -0.05) is 0 Å². The fraction of sp³-hybridized carbons (Fsp3) is 0.125. The van der Waals surface area contributed by atoms with Crippen LogP contribution in [0.1, 0.15) is 17.5 Å². The van der Waals surface area contributed by atoms with Crippen LogP contribution in [0.2, 0.25) is 0 Å². The van der Waals surface area contributed by atoms with Crippen LogP contribution in [0.25, 0.3) is 4.91 Å². The summed E-state index contributed by atoms with van der Waals surface area (Å²) < 4.78 is 26.8. The van der Waals surface area contributed by atoms with Crippen molar-refractivity contribution in [1.82, 2.24) is 0 Å². The Morgan fingerprint density at radius 2 is 1.85 bits per heavy atom. The molecule has 1 unspecified atom stereocenters. The fourth-order valence-corrected chi connectivity index (χ4v) is 4.20. The van der Waals surface area contributed by atoms with Gasteiger partial charge in [0.1, 0.15) is 5.82 Å². The molecule has 0 aromatic heterocycles. The van der Waals surface area contributed by atoms with E-state index in [9.17, 15) is 8.94 Å². The van der Waals surface area contributed by atoms with Crippen molar-refractivity contribution in [3.8, 4) is 0 Å². The Morgan fingerprint density at radius 1 is 1.10 bits per heavy atom. The first-order chi connectivity index (χ1) is 9.65. The largest absolute Gasteiger partial charge is 0.606 e. The minimum atomic E-state index is -1.25. The number of aryl methyl sites for hydroxylation is 1. The second kappa shape index (κ2) is 5.87. The van der Waals surface area contributed by atoms with Gasteiger partial charge in [0.15, 0.2) is 9.80 Å². The maximum absolute atomic E-state index is 13.0. The maximum Gasteiger partial charge on any atom is 0.161 e. The van der Waals surface area contributed by atoms with Crippen LogP contribution in [0.15, 0.2) is 53.4 Å². The molecule has 0 saturated heterocycles. The van der Waals surface area contributed by atoms with Crippen LogP contribution in [0, 0.1) is 9.39 Å². The minimum Gasteiger partial charge on any atom is -0.606 e. The number of halogens is 2. The predicted molar refractivity (Wildman–Crippen MR) is 88.3 cm³/mol. The second-order valence-electron chi connectivity index (χ2n) is 4.63. The molecule has 0 bridgehead atoms. The van der Waals surface area contributed by atoms with E-state index in [1.54, 1.807) is 12.1 Å². The summed E-state index contributed by atoms with van der Waals surface area (Å²) in [5.41, 5.74) is 2.30. The monoisotopic (exact) mass is 398 g/mol. The third kappa shape index (κ3) is 2.77. The molecule has 1 atom stereocenters. The molecule has 0 N–H and O–H groups in total. The van der Waals surface area contributed by atoms with E-state index in [0.29, 0.717) is 4.90 Å². The van der Waals surface area contributed by atoms with E-state index in [4.69, 9.17) is 0 Å². The van der Waals surface area contributed by atoms with Crippen molar-refractivity contribution in [1.29, 1.82) is 0 Å². The van der Waals surface area contributed by atoms with Gasteiger partial charge in [0, 0.05) is 20.3 Å². The van der Waals surface area contributed by atoms with E-state index in [1.165, 1.54) is 21.3 Å². The molecule has 4 heteroatoms. The maximum atomic E-state index is 13.0. The molecule has 0 radical (unpaired) electrons. The van der Waals surface area contributed by atoms with E-state index in [-0.39, 0.29) is 5.82 Å². The molecule has 2 aromatic rings. The molecule has 1 aliphatic rings.